The Morgan fingerprint density at radius 2 is 1.72 bits per heavy atom. The minimum Gasteiger partial charge on any atom is -0.544 e. The third kappa shape index (κ3) is 2.56. The first-order valence-electron chi connectivity index (χ1n) is 8.82. The molecule has 5 rings (SSSR count). The van der Waals surface area contributed by atoms with E-state index >= 15 is 0 Å². The third-order valence-electron chi connectivity index (χ3n) is 6.39. The summed E-state index contributed by atoms with van der Waals surface area (Å²) >= 11 is 0. The number of aliphatic carboxylic acids is 1. The molecule has 0 aromatic carbocycles. The van der Waals surface area contributed by atoms with Gasteiger partial charge in [0.15, 0.2) is 12.4 Å². The largest absolute Gasteiger partial charge is 0.544 e. The number of hydrogen-bond donors (Lipinski definition) is 0. The molecule has 4 aliphatic carbocycles. The number of alkyl halides is 2. The van der Waals surface area contributed by atoms with E-state index in [9.17, 15) is 23.5 Å². The van der Waals surface area contributed by atoms with E-state index in [1.807, 2.05) is 0 Å². The molecular formula is C17H21F2O6-. The van der Waals surface area contributed by atoms with E-state index in [-0.39, 0.29) is 11.8 Å². The standard InChI is InChI=1S/C17H22F2O6/c18-16(19,13(20)21)9-23-14(22)15-6-10-4-11(7-15)17(12(5-10)8-15)24-2-1-3-25-17/h10-12H,1-9H2,(H,20,21)/p-1. The van der Waals surface area contributed by atoms with Crippen molar-refractivity contribution in [2.75, 3.05) is 19.8 Å². The Hall–Kier alpha value is -1.28. The molecule has 5 aliphatic rings. The molecule has 0 radical (unpaired) electrons. The summed E-state index contributed by atoms with van der Waals surface area (Å²) < 4.78 is 43.2. The van der Waals surface area contributed by atoms with E-state index in [4.69, 9.17) is 14.2 Å². The van der Waals surface area contributed by atoms with Gasteiger partial charge in [-0.25, -0.2) is 0 Å². The summed E-state index contributed by atoms with van der Waals surface area (Å²) in [5, 5.41) is 10.4. The van der Waals surface area contributed by atoms with Crippen molar-refractivity contribution in [3.8, 4) is 0 Å². The molecule has 0 amide bonds. The van der Waals surface area contributed by atoms with Crippen LogP contribution < -0.4 is 5.11 Å². The van der Waals surface area contributed by atoms with Gasteiger partial charge in [0.2, 0.25) is 0 Å². The number of ether oxygens (including phenoxy) is 3. The first kappa shape index (κ1) is 17.1. The maximum absolute atomic E-state index is 13.2. The molecule has 4 bridgehead atoms. The summed E-state index contributed by atoms with van der Waals surface area (Å²) in [5.74, 6) is -7.65. The first-order chi connectivity index (χ1) is 11.8. The lowest BCUT2D eigenvalue weighted by Gasteiger charge is -2.63. The highest BCUT2D eigenvalue weighted by Crippen LogP contribution is 2.65. The number of rotatable bonds is 4. The molecule has 140 valence electrons. The van der Waals surface area contributed by atoms with Crippen molar-refractivity contribution in [1.29, 1.82) is 0 Å². The van der Waals surface area contributed by atoms with Crippen molar-refractivity contribution >= 4 is 11.9 Å². The summed E-state index contributed by atoms with van der Waals surface area (Å²) in [5.41, 5.74) is -0.825. The average Bonchev–Trinajstić information content (AvgIpc) is 2.58. The fourth-order valence-corrected chi connectivity index (χ4v) is 5.58. The molecule has 4 saturated carbocycles. The smallest absolute Gasteiger partial charge is 0.320 e. The molecule has 0 aromatic rings. The monoisotopic (exact) mass is 359 g/mol. The fraction of sp³-hybridized carbons (Fsp3) is 0.882. The molecule has 1 heterocycles. The van der Waals surface area contributed by atoms with E-state index in [2.05, 4.69) is 0 Å². The number of hydrogen-bond acceptors (Lipinski definition) is 6. The molecule has 25 heavy (non-hydrogen) atoms. The number of carbonyl (C=O) groups excluding carboxylic acids is 2. The molecule has 6 nitrogen and oxygen atoms in total. The second kappa shape index (κ2) is 5.61. The average molecular weight is 359 g/mol. The van der Waals surface area contributed by atoms with E-state index < -0.39 is 35.7 Å². The van der Waals surface area contributed by atoms with Crippen LogP contribution in [0.2, 0.25) is 0 Å². The maximum Gasteiger partial charge on any atom is 0.320 e. The highest BCUT2D eigenvalue weighted by Gasteiger charge is 2.67. The molecule has 8 heteroatoms. The Balaban J connectivity index is 1.50. The number of carboxylic acid groups (broad SMARTS) is 1. The van der Waals surface area contributed by atoms with Crippen LogP contribution in [-0.2, 0) is 23.8 Å². The maximum atomic E-state index is 13.2. The highest BCUT2D eigenvalue weighted by molar-refractivity contribution is 5.79. The Labute approximate surface area is 143 Å². The molecule has 0 N–H and O–H groups in total. The highest BCUT2D eigenvalue weighted by atomic mass is 19.3. The van der Waals surface area contributed by atoms with Crippen LogP contribution in [-0.4, -0.2) is 43.5 Å². The molecule has 2 atom stereocenters. The van der Waals surface area contributed by atoms with Crippen molar-refractivity contribution in [3.05, 3.63) is 0 Å². The summed E-state index contributed by atoms with van der Waals surface area (Å²) in [6.45, 7) is -0.214. The molecular weight excluding hydrogens is 338 g/mol. The van der Waals surface area contributed by atoms with Crippen LogP contribution in [0.25, 0.3) is 0 Å². The minimum atomic E-state index is -4.17. The van der Waals surface area contributed by atoms with Gasteiger partial charge in [-0.1, -0.05) is 0 Å². The van der Waals surface area contributed by atoms with E-state index in [0.29, 0.717) is 38.4 Å². The minimum absolute atomic E-state index is 0.0493. The molecule has 1 saturated heterocycles. The van der Waals surface area contributed by atoms with Gasteiger partial charge < -0.3 is 24.1 Å². The number of carbonyl (C=O) groups is 2. The van der Waals surface area contributed by atoms with Gasteiger partial charge in [0, 0.05) is 11.8 Å². The molecule has 5 fully saturated rings. The van der Waals surface area contributed by atoms with Gasteiger partial charge in [-0.05, 0) is 44.4 Å². The second-order valence-corrected chi connectivity index (χ2v) is 7.96. The lowest BCUT2D eigenvalue weighted by Crippen LogP contribution is -2.66. The van der Waals surface area contributed by atoms with Gasteiger partial charge in [-0.15, -0.1) is 0 Å². The van der Waals surface area contributed by atoms with Crippen LogP contribution in [0, 0.1) is 23.2 Å². The second-order valence-electron chi connectivity index (χ2n) is 7.96. The van der Waals surface area contributed by atoms with Crippen molar-refractivity contribution in [2.45, 2.75) is 50.2 Å². The molecule has 1 spiro atoms. The van der Waals surface area contributed by atoms with Crippen molar-refractivity contribution < 1.29 is 37.7 Å². The van der Waals surface area contributed by atoms with E-state index in [1.54, 1.807) is 0 Å². The molecule has 2 unspecified atom stereocenters. The zero-order valence-electron chi connectivity index (χ0n) is 13.8. The normalized spacial score (nSPS) is 38.7. The van der Waals surface area contributed by atoms with Crippen LogP contribution in [0.1, 0.15) is 38.5 Å². The number of halogens is 2. The lowest BCUT2D eigenvalue weighted by molar-refractivity contribution is -0.365. The van der Waals surface area contributed by atoms with Crippen LogP contribution >= 0.6 is 0 Å². The van der Waals surface area contributed by atoms with Crippen LogP contribution in [0.5, 0.6) is 0 Å². The lowest BCUT2D eigenvalue weighted by atomic mass is 9.47. The first-order valence-corrected chi connectivity index (χ1v) is 8.82. The zero-order chi connectivity index (χ0) is 17.9. The summed E-state index contributed by atoms with van der Waals surface area (Å²) in [6, 6.07) is 0. The van der Waals surface area contributed by atoms with E-state index in [0.717, 1.165) is 19.3 Å². The van der Waals surface area contributed by atoms with Crippen LogP contribution in [0.4, 0.5) is 8.78 Å². The summed E-state index contributed by atoms with van der Waals surface area (Å²) in [7, 11) is 0. The Morgan fingerprint density at radius 1 is 1.12 bits per heavy atom. The van der Waals surface area contributed by atoms with Gasteiger partial charge >= 0.3 is 11.9 Å². The third-order valence-corrected chi connectivity index (χ3v) is 6.39. The van der Waals surface area contributed by atoms with Crippen molar-refractivity contribution in [2.24, 2.45) is 23.2 Å². The van der Waals surface area contributed by atoms with Gasteiger partial charge in [0.1, 0.15) is 5.97 Å². The molecule has 1 aliphatic heterocycles. The zero-order valence-corrected chi connectivity index (χ0v) is 13.8. The Bertz CT molecular complexity index is 568. The van der Waals surface area contributed by atoms with Gasteiger partial charge in [-0.3, -0.25) is 4.79 Å². The Morgan fingerprint density at radius 3 is 2.28 bits per heavy atom. The fourth-order valence-electron chi connectivity index (χ4n) is 5.58. The predicted molar refractivity (Wildman–Crippen MR) is 76.2 cm³/mol. The quantitative estimate of drug-likeness (QED) is 0.693. The summed E-state index contributed by atoms with van der Waals surface area (Å²) in [4.78, 5) is 23.0. The summed E-state index contributed by atoms with van der Waals surface area (Å²) in [6.07, 6.45) is 4.22. The molecule has 0 aromatic heterocycles. The van der Waals surface area contributed by atoms with Gasteiger partial charge in [-0.2, -0.15) is 8.78 Å². The SMILES string of the molecule is O=C([O-])C(F)(F)COC(=O)C12CC3CC(C1)C1(OCCCO1)C(C3)C2. The van der Waals surface area contributed by atoms with Gasteiger partial charge in [0.25, 0.3) is 0 Å². The van der Waals surface area contributed by atoms with Gasteiger partial charge in [0.05, 0.1) is 18.6 Å². The Kier molecular flexibility index (Phi) is 3.85. The predicted octanol–water partition coefficient (Wildman–Crippen LogP) is 0.874. The van der Waals surface area contributed by atoms with Crippen LogP contribution in [0.3, 0.4) is 0 Å². The number of carboxylic acids is 1. The van der Waals surface area contributed by atoms with Crippen molar-refractivity contribution in [1.82, 2.24) is 0 Å². The topological polar surface area (TPSA) is 84.9 Å². The van der Waals surface area contributed by atoms with Crippen LogP contribution in [0.15, 0.2) is 0 Å². The van der Waals surface area contributed by atoms with Crippen molar-refractivity contribution in [3.63, 3.8) is 0 Å². The number of esters is 1. The van der Waals surface area contributed by atoms with E-state index in [1.165, 1.54) is 0 Å².